The molecule has 5 nitrogen and oxygen atoms in total. The number of carbonyl (C=O) groups is 2. The number of nitrogens with zero attached hydrogens (tertiary/aromatic N) is 1. The number of likely N-dealkylation sites (N-methyl/N-ethyl adjacent to an activating group) is 1. The second kappa shape index (κ2) is 6.27. The number of carbonyl (C=O) groups excluding carboxylic acids is 2. The molecule has 16 heavy (non-hydrogen) atoms. The van der Waals surface area contributed by atoms with Gasteiger partial charge in [-0.3, -0.25) is 9.59 Å². The first-order valence-corrected chi connectivity index (χ1v) is 5.53. The van der Waals surface area contributed by atoms with Crippen molar-refractivity contribution in [3.8, 4) is 0 Å². The molecule has 5 heteroatoms. The zero-order valence-corrected chi connectivity index (χ0v) is 9.66. The number of hydrogen-bond acceptors (Lipinski definition) is 3. The molecule has 0 aromatic rings. The smallest absolute Gasteiger partial charge is 0.242 e. The van der Waals surface area contributed by atoms with Gasteiger partial charge in [-0.15, -0.1) is 6.58 Å². The van der Waals surface area contributed by atoms with Crippen molar-refractivity contribution in [1.29, 1.82) is 0 Å². The van der Waals surface area contributed by atoms with E-state index in [0.717, 1.165) is 12.8 Å². The summed E-state index contributed by atoms with van der Waals surface area (Å²) < 4.78 is 0. The first-order chi connectivity index (χ1) is 7.70. The van der Waals surface area contributed by atoms with Crippen LogP contribution < -0.4 is 10.6 Å². The van der Waals surface area contributed by atoms with E-state index in [2.05, 4.69) is 17.2 Å². The Morgan fingerprint density at radius 3 is 2.94 bits per heavy atom. The maximum atomic E-state index is 11.8. The highest BCUT2D eigenvalue weighted by atomic mass is 16.2. The lowest BCUT2D eigenvalue weighted by atomic mass is 10.2. The summed E-state index contributed by atoms with van der Waals surface area (Å²) in [4.78, 5) is 25.0. The molecule has 1 unspecified atom stereocenters. The highest BCUT2D eigenvalue weighted by Gasteiger charge is 2.32. The van der Waals surface area contributed by atoms with E-state index in [1.807, 2.05) is 0 Å². The molecule has 0 spiro atoms. The number of hydrogen-bond donors (Lipinski definition) is 2. The van der Waals surface area contributed by atoms with Crippen LogP contribution in [-0.2, 0) is 9.59 Å². The Balaban J connectivity index is 2.47. The minimum atomic E-state index is -0.289. The van der Waals surface area contributed by atoms with Gasteiger partial charge in [-0.25, -0.2) is 0 Å². The van der Waals surface area contributed by atoms with Crippen molar-refractivity contribution in [2.45, 2.75) is 18.9 Å². The van der Waals surface area contributed by atoms with Gasteiger partial charge in [0.2, 0.25) is 11.8 Å². The van der Waals surface area contributed by atoms with Crippen LogP contribution >= 0.6 is 0 Å². The topological polar surface area (TPSA) is 61.4 Å². The summed E-state index contributed by atoms with van der Waals surface area (Å²) in [5.74, 6) is -0.0949. The molecule has 1 saturated heterocycles. The molecular weight excluding hydrogens is 206 g/mol. The third-order valence-electron chi connectivity index (χ3n) is 2.69. The number of nitrogens with one attached hydrogen (secondary N) is 2. The fourth-order valence-corrected chi connectivity index (χ4v) is 1.89. The number of likely N-dealkylation sites (tertiary alicyclic amines) is 1. The number of amides is 2. The van der Waals surface area contributed by atoms with Crippen molar-refractivity contribution in [3.05, 3.63) is 12.7 Å². The van der Waals surface area contributed by atoms with E-state index in [4.69, 9.17) is 0 Å². The third-order valence-corrected chi connectivity index (χ3v) is 2.69. The normalized spacial score (nSPS) is 19.6. The maximum absolute atomic E-state index is 11.8. The van der Waals surface area contributed by atoms with Crippen molar-refractivity contribution in [3.63, 3.8) is 0 Å². The standard InChI is InChI=1S/C11H19N3O2/c1-3-6-13-8-10(15)14-7-4-5-9(14)11(16)12-2/h3,9,13H,1,4-8H2,2H3,(H,12,16). The molecule has 0 saturated carbocycles. The van der Waals surface area contributed by atoms with Crippen LogP contribution in [0.15, 0.2) is 12.7 Å². The Morgan fingerprint density at radius 1 is 1.56 bits per heavy atom. The van der Waals surface area contributed by atoms with Crippen LogP contribution in [0.2, 0.25) is 0 Å². The molecule has 2 amide bonds. The van der Waals surface area contributed by atoms with Crippen molar-refractivity contribution in [2.24, 2.45) is 0 Å². The van der Waals surface area contributed by atoms with Gasteiger partial charge < -0.3 is 15.5 Å². The highest BCUT2D eigenvalue weighted by Crippen LogP contribution is 2.16. The Hall–Kier alpha value is -1.36. The molecule has 1 heterocycles. The molecule has 0 aliphatic carbocycles. The second-order valence-corrected chi connectivity index (χ2v) is 3.78. The average Bonchev–Trinajstić information content (AvgIpc) is 2.77. The molecule has 1 aliphatic heterocycles. The summed E-state index contributed by atoms with van der Waals surface area (Å²) in [5.41, 5.74) is 0. The van der Waals surface area contributed by atoms with Gasteiger partial charge in [0.05, 0.1) is 6.54 Å². The fraction of sp³-hybridized carbons (Fsp3) is 0.636. The van der Waals surface area contributed by atoms with Crippen molar-refractivity contribution < 1.29 is 9.59 Å². The lowest BCUT2D eigenvalue weighted by Crippen LogP contribution is -2.47. The molecule has 0 radical (unpaired) electrons. The minimum Gasteiger partial charge on any atom is -0.357 e. The van der Waals surface area contributed by atoms with Gasteiger partial charge in [-0.2, -0.15) is 0 Å². The fourth-order valence-electron chi connectivity index (χ4n) is 1.89. The first kappa shape index (κ1) is 12.7. The Morgan fingerprint density at radius 2 is 2.31 bits per heavy atom. The maximum Gasteiger partial charge on any atom is 0.242 e. The van der Waals surface area contributed by atoms with Crippen LogP contribution in [-0.4, -0.2) is 49.4 Å². The van der Waals surface area contributed by atoms with Crippen molar-refractivity contribution >= 4 is 11.8 Å². The van der Waals surface area contributed by atoms with Crippen molar-refractivity contribution in [2.75, 3.05) is 26.7 Å². The molecule has 2 N–H and O–H groups in total. The van der Waals surface area contributed by atoms with E-state index in [0.29, 0.717) is 13.1 Å². The van der Waals surface area contributed by atoms with Gasteiger partial charge >= 0.3 is 0 Å². The second-order valence-electron chi connectivity index (χ2n) is 3.78. The van der Waals surface area contributed by atoms with E-state index < -0.39 is 0 Å². The zero-order chi connectivity index (χ0) is 12.0. The molecule has 0 aromatic carbocycles. The lowest BCUT2D eigenvalue weighted by molar-refractivity contribution is -0.137. The molecule has 1 atom stereocenters. The van der Waals surface area contributed by atoms with E-state index in [-0.39, 0.29) is 24.4 Å². The summed E-state index contributed by atoms with van der Waals surface area (Å²) >= 11 is 0. The van der Waals surface area contributed by atoms with E-state index in [1.165, 1.54) is 0 Å². The summed E-state index contributed by atoms with van der Waals surface area (Å²) in [6.45, 7) is 5.10. The third kappa shape index (κ3) is 3.06. The highest BCUT2D eigenvalue weighted by molar-refractivity contribution is 5.88. The molecular formula is C11H19N3O2. The predicted octanol–water partition coefficient (Wildman–Crippen LogP) is -0.501. The zero-order valence-electron chi connectivity index (χ0n) is 9.66. The predicted molar refractivity (Wildman–Crippen MR) is 61.9 cm³/mol. The van der Waals surface area contributed by atoms with Crippen LogP contribution in [0.4, 0.5) is 0 Å². The van der Waals surface area contributed by atoms with Gasteiger partial charge in [-0.1, -0.05) is 6.08 Å². The monoisotopic (exact) mass is 225 g/mol. The van der Waals surface area contributed by atoms with E-state index in [1.54, 1.807) is 18.0 Å². The summed E-state index contributed by atoms with van der Waals surface area (Å²) in [6.07, 6.45) is 3.35. The summed E-state index contributed by atoms with van der Waals surface area (Å²) in [6, 6.07) is -0.289. The number of rotatable bonds is 5. The Labute approximate surface area is 95.9 Å². The van der Waals surface area contributed by atoms with E-state index >= 15 is 0 Å². The van der Waals surface area contributed by atoms with Crippen molar-refractivity contribution in [1.82, 2.24) is 15.5 Å². The molecule has 90 valence electrons. The van der Waals surface area contributed by atoms with Gasteiger partial charge in [0.1, 0.15) is 6.04 Å². The minimum absolute atomic E-state index is 0.0204. The molecule has 0 aromatic heterocycles. The first-order valence-electron chi connectivity index (χ1n) is 5.53. The van der Waals surface area contributed by atoms with Crippen LogP contribution in [0.25, 0.3) is 0 Å². The van der Waals surface area contributed by atoms with Gasteiger partial charge in [0, 0.05) is 20.1 Å². The molecule has 1 rings (SSSR count). The lowest BCUT2D eigenvalue weighted by Gasteiger charge is -2.23. The van der Waals surface area contributed by atoms with Crippen LogP contribution in [0.3, 0.4) is 0 Å². The summed E-state index contributed by atoms with van der Waals surface area (Å²) in [7, 11) is 1.60. The largest absolute Gasteiger partial charge is 0.357 e. The quantitative estimate of drug-likeness (QED) is 0.490. The van der Waals surface area contributed by atoms with Crippen LogP contribution in [0.1, 0.15) is 12.8 Å². The molecule has 1 aliphatic rings. The molecule has 1 fully saturated rings. The average molecular weight is 225 g/mol. The SMILES string of the molecule is C=CCNCC(=O)N1CCCC1C(=O)NC. The molecule has 0 bridgehead atoms. The Bertz CT molecular complexity index is 278. The summed E-state index contributed by atoms with van der Waals surface area (Å²) in [5, 5.41) is 5.54. The van der Waals surface area contributed by atoms with Crippen LogP contribution in [0, 0.1) is 0 Å². The van der Waals surface area contributed by atoms with Crippen LogP contribution in [0.5, 0.6) is 0 Å². The van der Waals surface area contributed by atoms with Gasteiger partial charge in [0.25, 0.3) is 0 Å². The van der Waals surface area contributed by atoms with Gasteiger partial charge in [-0.05, 0) is 12.8 Å². The van der Waals surface area contributed by atoms with E-state index in [9.17, 15) is 9.59 Å². The van der Waals surface area contributed by atoms with Gasteiger partial charge in [0.15, 0.2) is 0 Å². The Kier molecular flexibility index (Phi) is 4.98.